The number of anilines is 2. The zero-order valence-corrected chi connectivity index (χ0v) is 19.6. The van der Waals surface area contributed by atoms with Crippen LogP contribution in [-0.4, -0.2) is 25.0 Å². The highest BCUT2D eigenvalue weighted by Gasteiger charge is 2.18. The highest BCUT2D eigenvalue weighted by atomic mass is 19.1. The predicted octanol–water partition coefficient (Wildman–Crippen LogP) is 6.02. The first kappa shape index (κ1) is 24.5. The number of nitrogens with one attached hydrogen (secondary N) is 2. The number of amides is 3. The summed E-state index contributed by atoms with van der Waals surface area (Å²) in [4.78, 5) is 26.9. The summed E-state index contributed by atoms with van der Waals surface area (Å²) >= 11 is 0. The lowest BCUT2D eigenvalue weighted by atomic mass is 10.1. The molecule has 4 rings (SSSR count). The third-order valence-corrected chi connectivity index (χ3v) is 5.35. The molecule has 0 spiro atoms. The van der Waals surface area contributed by atoms with Gasteiger partial charge >= 0.3 is 6.03 Å². The molecule has 2 N–H and O–H groups in total. The number of benzene rings is 4. The van der Waals surface area contributed by atoms with Crippen molar-refractivity contribution in [2.45, 2.75) is 6.42 Å². The van der Waals surface area contributed by atoms with Crippen LogP contribution in [0.3, 0.4) is 0 Å². The van der Waals surface area contributed by atoms with Crippen LogP contribution in [0.4, 0.5) is 20.6 Å². The minimum Gasteiger partial charge on any atom is -0.457 e. The lowest BCUT2D eigenvalue weighted by Gasteiger charge is -2.24. The van der Waals surface area contributed by atoms with Gasteiger partial charge in [-0.1, -0.05) is 60.7 Å². The van der Waals surface area contributed by atoms with Crippen LogP contribution in [0.25, 0.3) is 0 Å². The smallest absolute Gasteiger partial charge is 0.326 e. The normalized spacial score (nSPS) is 10.4. The number of para-hydroxylation sites is 2. The fourth-order valence-corrected chi connectivity index (χ4v) is 3.56. The first-order chi connectivity index (χ1) is 17.6. The number of hydrogen-bond donors (Lipinski definition) is 2. The van der Waals surface area contributed by atoms with E-state index in [2.05, 4.69) is 10.6 Å². The number of nitrogens with zero attached hydrogens (tertiary/aromatic N) is 1. The Hall–Kier alpha value is -4.65. The summed E-state index contributed by atoms with van der Waals surface area (Å²) in [6.45, 7) is 0.401. The van der Waals surface area contributed by atoms with Crippen LogP contribution in [0, 0.1) is 5.82 Å². The molecule has 3 amide bonds. The van der Waals surface area contributed by atoms with E-state index in [0.717, 1.165) is 5.56 Å². The molecule has 0 aliphatic carbocycles. The summed E-state index contributed by atoms with van der Waals surface area (Å²) in [7, 11) is 0. The minimum absolute atomic E-state index is 0.0737. The number of carbonyl (C=O) groups excluding carboxylic acids is 2. The van der Waals surface area contributed by atoms with Crippen LogP contribution in [0.1, 0.15) is 5.56 Å². The molecule has 182 valence electrons. The molecule has 0 aromatic heterocycles. The first-order valence-electron chi connectivity index (χ1n) is 11.5. The Morgan fingerprint density at radius 1 is 0.750 bits per heavy atom. The molecule has 0 atom stereocenters. The lowest BCUT2D eigenvalue weighted by Crippen LogP contribution is -2.41. The number of carbonyl (C=O) groups is 2. The molecule has 0 radical (unpaired) electrons. The van der Waals surface area contributed by atoms with Gasteiger partial charge in [0.25, 0.3) is 0 Å². The van der Waals surface area contributed by atoms with E-state index in [1.165, 1.54) is 17.0 Å². The molecular weight excluding hydrogens is 457 g/mol. The summed E-state index contributed by atoms with van der Waals surface area (Å²) in [5, 5.41) is 5.46. The SMILES string of the molecule is O=C(Cc1ccccc1)NCCN(C(=O)Nc1ccccc1F)c1ccc(Oc2ccccc2)cc1. The van der Waals surface area contributed by atoms with Gasteiger partial charge in [-0.25, -0.2) is 9.18 Å². The molecule has 0 saturated heterocycles. The van der Waals surface area contributed by atoms with Crippen LogP contribution >= 0.6 is 0 Å². The predicted molar refractivity (Wildman–Crippen MR) is 139 cm³/mol. The van der Waals surface area contributed by atoms with Crippen molar-refractivity contribution in [2.24, 2.45) is 0 Å². The zero-order chi connectivity index (χ0) is 25.2. The van der Waals surface area contributed by atoms with E-state index in [1.807, 2.05) is 60.7 Å². The summed E-state index contributed by atoms with van der Waals surface area (Å²) in [5.41, 5.74) is 1.55. The number of halogens is 1. The summed E-state index contributed by atoms with van der Waals surface area (Å²) in [6.07, 6.45) is 0.244. The van der Waals surface area contributed by atoms with Gasteiger partial charge in [0.05, 0.1) is 12.1 Å². The molecule has 0 heterocycles. The molecule has 0 fully saturated rings. The van der Waals surface area contributed by atoms with Crippen molar-refractivity contribution in [3.05, 3.63) is 121 Å². The fourth-order valence-electron chi connectivity index (χ4n) is 3.56. The van der Waals surface area contributed by atoms with E-state index in [1.54, 1.807) is 36.4 Å². The molecular formula is C29H26FN3O3. The third kappa shape index (κ3) is 6.93. The molecule has 4 aromatic rings. The van der Waals surface area contributed by atoms with Gasteiger partial charge in [-0.3, -0.25) is 9.69 Å². The van der Waals surface area contributed by atoms with Crippen molar-refractivity contribution in [3.63, 3.8) is 0 Å². The van der Waals surface area contributed by atoms with Crippen LogP contribution in [0.2, 0.25) is 0 Å². The van der Waals surface area contributed by atoms with Crippen LogP contribution in [0.5, 0.6) is 11.5 Å². The van der Waals surface area contributed by atoms with E-state index in [0.29, 0.717) is 17.2 Å². The monoisotopic (exact) mass is 483 g/mol. The maximum absolute atomic E-state index is 14.1. The van der Waals surface area contributed by atoms with Crippen molar-refractivity contribution >= 4 is 23.3 Å². The van der Waals surface area contributed by atoms with Crippen LogP contribution in [0.15, 0.2) is 109 Å². The molecule has 0 aliphatic heterocycles. The Balaban J connectivity index is 1.44. The third-order valence-electron chi connectivity index (χ3n) is 5.35. The maximum Gasteiger partial charge on any atom is 0.326 e. The maximum atomic E-state index is 14.1. The number of rotatable bonds is 9. The molecule has 0 bridgehead atoms. The van der Waals surface area contributed by atoms with Crippen molar-refractivity contribution < 1.29 is 18.7 Å². The Kier molecular flexibility index (Phi) is 8.27. The second-order valence-corrected chi connectivity index (χ2v) is 7.98. The molecule has 0 aliphatic rings. The van der Waals surface area contributed by atoms with E-state index in [9.17, 15) is 14.0 Å². The zero-order valence-electron chi connectivity index (χ0n) is 19.6. The van der Waals surface area contributed by atoms with Crippen LogP contribution in [-0.2, 0) is 11.2 Å². The topological polar surface area (TPSA) is 70.7 Å². The Morgan fingerprint density at radius 2 is 1.36 bits per heavy atom. The van der Waals surface area contributed by atoms with Gasteiger partial charge in [0, 0.05) is 18.8 Å². The lowest BCUT2D eigenvalue weighted by molar-refractivity contribution is -0.120. The number of urea groups is 1. The largest absolute Gasteiger partial charge is 0.457 e. The second-order valence-electron chi connectivity index (χ2n) is 7.98. The Morgan fingerprint density at radius 3 is 2.06 bits per heavy atom. The Labute approximate surface area is 209 Å². The Bertz CT molecular complexity index is 1280. The standard InChI is InChI=1S/C29H26FN3O3/c30-26-13-7-8-14-27(26)32-29(35)33(20-19-31-28(34)21-22-9-3-1-4-10-22)23-15-17-25(18-16-23)36-24-11-5-2-6-12-24/h1-18H,19-21H2,(H,31,34)(H,32,35). The molecule has 0 saturated carbocycles. The molecule has 0 unspecified atom stereocenters. The van der Waals surface area contributed by atoms with Gasteiger partial charge < -0.3 is 15.4 Å². The van der Waals surface area contributed by atoms with Gasteiger partial charge in [-0.2, -0.15) is 0 Å². The number of hydrogen-bond acceptors (Lipinski definition) is 3. The molecule has 7 heteroatoms. The van der Waals surface area contributed by atoms with E-state index in [4.69, 9.17) is 4.74 Å². The van der Waals surface area contributed by atoms with Crippen molar-refractivity contribution in [1.29, 1.82) is 0 Å². The number of ether oxygens (including phenoxy) is 1. The highest BCUT2D eigenvalue weighted by molar-refractivity contribution is 6.01. The van der Waals surface area contributed by atoms with E-state index in [-0.39, 0.29) is 31.1 Å². The quantitative estimate of drug-likeness (QED) is 0.306. The van der Waals surface area contributed by atoms with Crippen molar-refractivity contribution in [3.8, 4) is 11.5 Å². The first-order valence-corrected chi connectivity index (χ1v) is 11.5. The summed E-state index contributed by atoms with van der Waals surface area (Å²) in [5.74, 6) is 0.618. The average Bonchev–Trinajstić information content (AvgIpc) is 2.90. The fraction of sp³-hybridized carbons (Fsp3) is 0.103. The second kappa shape index (κ2) is 12.2. The minimum atomic E-state index is -0.534. The van der Waals surface area contributed by atoms with Crippen LogP contribution < -0.4 is 20.3 Å². The van der Waals surface area contributed by atoms with Gasteiger partial charge in [0.1, 0.15) is 17.3 Å². The van der Waals surface area contributed by atoms with Gasteiger partial charge in [0.2, 0.25) is 5.91 Å². The molecule has 6 nitrogen and oxygen atoms in total. The van der Waals surface area contributed by atoms with Gasteiger partial charge in [-0.15, -0.1) is 0 Å². The van der Waals surface area contributed by atoms with Gasteiger partial charge in [-0.05, 0) is 54.1 Å². The summed E-state index contributed by atoms with van der Waals surface area (Å²) in [6, 6.07) is 31.2. The average molecular weight is 484 g/mol. The summed E-state index contributed by atoms with van der Waals surface area (Å²) < 4.78 is 20.0. The highest BCUT2D eigenvalue weighted by Crippen LogP contribution is 2.25. The van der Waals surface area contributed by atoms with Crippen molar-refractivity contribution in [2.75, 3.05) is 23.3 Å². The van der Waals surface area contributed by atoms with E-state index < -0.39 is 11.8 Å². The van der Waals surface area contributed by atoms with Crippen molar-refractivity contribution in [1.82, 2.24) is 5.32 Å². The molecule has 4 aromatic carbocycles. The molecule has 36 heavy (non-hydrogen) atoms. The van der Waals surface area contributed by atoms with Gasteiger partial charge in [0.15, 0.2) is 0 Å². The van der Waals surface area contributed by atoms with E-state index >= 15 is 0 Å².